The molecule has 1 aromatic carbocycles. The minimum absolute atomic E-state index is 0.0118. The number of rotatable bonds is 3. The van der Waals surface area contributed by atoms with Crippen molar-refractivity contribution >= 4 is 23.4 Å². The number of ether oxygens (including phenoxy) is 1. The molecule has 150 valence electrons. The first-order valence-electron chi connectivity index (χ1n) is 9.88. The van der Waals surface area contributed by atoms with Crippen LogP contribution in [0, 0.1) is 11.7 Å². The average Bonchev–Trinajstić information content (AvgIpc) is 3.03. The standard InChI is InChI=1S/C20H24FN3O4/c21-15-1-3-16(4-2-15)24-18(25)13-17(20(24)27)22-7-5-14(6-8-22)19(26)23-9-11-28-12-10-23/h1-4,14,17H,5-13H2/p+1/t17-/m0/s1. The topological polar surface area (TPSA) is 71.4 Å². The van der Waals surface area contributed by atoms with Crippen LogP contribution in [0.3, 0.4) is 0 Å². The molecule has 0 spiro atoms. The predicted octanol–water partition coefficient (Wildman–Crippen LogP) is -0.389. The smallest absolute Gasteiger partial charge is 0.292 e. The maximum absolute atomic E-state index is 13.1. The van der Waals surface area contributed by atoms with Gasteiger partial charge in [0.2, 0.25) is 11.8 Å². The number of piperidine rings is 1. The number of imide groups is 1. The number of benzene rings is 1. The van der Waals surface area contributed by atoms with Crippen molar-refractivity contribution in [2.75, 3.05) is 44.3 Å². The number of likely N-dealkylation sites (tertiary alicyclic amines) is 1. The highest BCUT2D eigenvalue weighted by Crippen LogP contribution is 2.23. The minimum Gasteiger partial charge on any atom is -0.378 e. The molecule has 8 heteroatoms. The van der Waals surface area contributed by atoms with Crippen molar-refractivity contribution in [1.82, 2.24) is 4.90 Å². The summed E-state index contributed by atoms with van der Waals surface area (Å²) < 4.78 is 18.4. The molecule has 4 rings (SSSR count). The van der Waals surface area contributed by atoms with Crippen molar-refractivity contribution in [2.45, 2.75) is 25.3 Å². The van der Waals surface area contributed by atoms with E-state index in [1.165, 1.54) is 29.2 Å². The van der Waals surface area contributed by atoms with Crippen LogP contribution in [0.4, 0.5) is 10.1 Å². The van der Waals surface area contributed by atoms with E-state index in [0.29, 0.717) is 45.1 Å². The van der Waals surface area contributed by atoms with Gasteiger partial charge in [-0.05, 0) is 24.3 Å². The number of carbonyl (C=O) groups excluding carboxylic acids is 3. The summed E-state index contributed by atoms with van der Waals surface area (Å²) in [6.07, 6.45) is 1.60. The number of carbonyl (C=O) groups is 3. The Balaban J connectivity index is 1.37. The molecule has 0 radical (unpaired) electrons. The van der Waals surface area contributed by atoms with Crippen molar-refractivity contribution in [3.05, 3.63) is 30.1 Å². The zero-order valence-corrected chi connectivity index (χ0v) is 15.7. The maximum Gasteiger partial charge on any atom is 0.292 e. The molecular weight excluding hydrogens is 365 g/mol. The van der Waals surface area contributed by atoms with E-state index in [0.717, 1.165) is 17.7 Å². The molecule has 0 aliphatic carbocycles. The third kappa shape index (κ3) is 3.66. The molecule has 0 saturated carbocycles. The van der Waals surface area contributed by atoms with Crippen molar-refractivity contribution in [2.24, 2.45) is 5.92 Å². The van der Waals surface area contributed by atoms with Crippen LogP contribution >= 0.6 is 0 Å². The molecule has 3 aliphatic rings. The normalized spacial score (nSPS) is 28.7. The molecule has 7 nitrogen and oxygen atoms in total. The van der Waals surface area contributed by atoms with Gasteiger partial charge in [0.15, 0.2) is 6.04 Å². The van der Waals surface area contributed by atoms with Gasteiger partial charge in [-0.15, -0.1) is 0 Å². The first-order chi connectivity index (χ1) is 13.5. The average molecular weight is 390 g/mol. The zero-order valence-electron chi connectivity index (χ0n) is 15.7. The molecule has 0 bridgehead atoms. The first-order valence-corrected chi connectivity index (χ1v) is 9.88. The monoisotopic (exact) mass is 390 g/mol. The molecule has 28 heavy (non-hydrogen) atoms. The Bertz CT molecular complexity index is 755. The lowest BCUT2D eigenvalue weighted by molar-refractivity contribution is -0.920. The van der Waals surface area contributed by atoms with Crippen LogP contribution in [0.2, 0.25) is 0 Å². The molecule has 0 unspecified atom stereocenters. The molecule has 3 saturated heterocycles. The fraction of sp³-hybridized carbons (Fsp3) is 0.550. The highest BCUT2D eigenvalue weighted by Gasteiger charge is 2.47. The molecule has 1 N–H and O–H groups in total. The number of morpholine rings is 1. The van der Waals surface area contributed by atoms with Crippen molar-refractivity contribution in [3.63, 3.8) is 0 Å². The SMILES string of the molecule is O=C(C1CC[NH+]([C@H]2CC(=O)N(c3ccc(F)cc3)C2=O)CC1)N1CCOCC1. The summed E-state index contributed by atoms with van der Waals surface area (Å²) in [6, 6.07) is 4.99. The summed E-state index contributed by atoms with van der Waals surface area (Å²) in [6.45, 7) is 3.87. The van der Waals surface area contributed by atoms with Gasteiger partial charge in [-0.3, -0.25) is 14.4 Å². The van der Waals surface area contributed by atoms with E-state index < -0.39 is 11.9 Å². The van der Waals surface area contributed by atoms with Crippen LogP contribution in [-0.4, -0.2) is 68.1 Å². The summed E-state index contributed by atoms with van der Waals surface area (Å²) in [5.74, 6) is -0.714. The molecule has 3 amide bonds. The lowest BCUT2D eigenvalue weighted by atomic mass is 9.94. The van der Waals surface area contributed by atoms with Crippen LogP contribution in [0.25, 0.3) is 0 Å². The molecule has 3 fully saturated rings. The van der Waals surface area contributed by atoms with Crippen LogP contribution in [0.15, 0.2) is 24.3 Å². The molecule has 1 aromatic rings. The van der Waals surface area contributed by atoms with Crippen LogP contribution in [0.5, 0.6) is 0 Å². The van der Waals surface area contributed by atoms with E-state index >= 15 is 0 Å². The second kappa shape index (κ2) is 7.97. The second-order valence-corrected chi connectivity index (χ2v) is 7.67. The van der Waals surface area contributed by atoms with E-state index in [1.807, 2.05) is 4.90 Å². The Kier molecular flexibility index (Phi) is 5.41. The second-order valence-electron chi connectivity index (χ2n) is 7.67. The molecule has 3 aliphatic heterocycles. The van der Waals surface area contributed by atoms with Crippen molar-refractivity contribution < 1.29 is 28.4 Å². The lowest BCUT2D eigenvalue weighted by Crippen LogP contribution is -3.17. The lowest BCUT2D eigenvalue weighted by Gasteiger charge is -2.35. The van der Waals surface area contributed by atoms with E-state index in [1.54, 1.807) is 0 Å². The highest BCUT2D eigenvalue weighted by atomic mass is 19.1. The first kappa shape index (κ1) is 19.0. The summed E-state index contributed by atoms with van der Waals surface area (Å²) in [7, 11) is 0. The minimum atomic E-state index is -0.419. The third-order valence-electron chi connectivity index (χ3n) is 6.02. The number of nitrogens with one attached hydrogen (secondary N) is 1. The Labute approximate surface area is 163 Å². The number of nitrogens with zero attached hydrogens (tertiary/aromatic N) is 2. The van der Waals surface area contributed by atoms with Gasteiger partial charge in [0.1, 0.15) is 5.82 Å². The number of amides is 3. The van der Waals surface area contributed by atoms with Gasteiger partial charge in [0.25, 0.3) is 5.91 Å². The van der Waals surface area contributed by atoms with E-state index in [2.05, 4.69) is 0 Å². The van der Waals surface area contributed by atoms with Gasteiger partial charge in [-0.1, -0.05) is 0 Å². The Morgan fingerprint density at radius 3 is 2.36 bits per heavy atom. The van der Waals surface area contributed by atoms with Crippen LogP contribution < -0.4 is 9.80 Å². The third-order valence-corrected chi connectivity index (χ3v) is 6.02. The highest BCUT2D eigenvalue weighted by molar-refractivity contribution is 6.21. The van der Waals surface area contributed by atoms with Crippen LogP contribution in [0.1, 0.15) is 19.3 Å². The van der Waals surface area contributed by atoms with E-state index in [9.17, 15) is 18.8 Å². The number of hydrogen-bond donors (Lipinski definition) is 1. The zero-order chi connectivity index (χ0) is 19.7. The van der Waals surface area contributed by atoms with Gasteiger partial charge >= 0.3 is 0 Å². The quantitative estimate of drug-likeness (QED) is 0.714. The number of quaternary nitrogens is 1. The predicted molar refractivity (Wildman–Crippen MR) is 98.1 cm³/mol. The fourth-order valence-electron chi connectivity index (χ4n) is 4.44. The van der Waals surface area contributed by atoms with Gasteiger partial charge in [0, 0.05) is 31.8 Å². The van der Waals surface area contributed by atoms with Crippen LogP contribution in [-0.2, 0) is 19.1 Å². The Morgan fingerprint density at radius 1 is 1.07 bits per heavy atom. The summed E-state index contributed by atoms with van der Waals surface area (Å²) >= 11 is 0. The van der Waals surface area contributed by atoms with Gasteiger partial charge in [-0.2, -0.15) is 0 Å². The molecular formula is C20H25FN3O4+. The summed E-state index contributed by atoms with van der Waals surface area (Å²) in [5, 5.41) is 0. The van der Waals surface area contributed by atoms with Gasteiger partial charge < -0.3 is 14.5 Å². The van der Waals surface area contributed by atoms with E-state index in [4.69, 9.17) is 4.74 Å². The largest absolute Gasteiger partial charge is 0.378 e. The Hall–Kier alpha value is -2.32. The van der Waals surface area contributed by atoms with E-state index in [-0.39, 0.29) is 30.1 Å². The van der Waals surface area contributed by atoms with Gasteiger partial charge in [0.05, 0.1) is 38.4 Å². The molecule has 1 atom stereocenters. The molecule has 3 heterocycles. The maximum atomic E-state index is 13.1. The van der Waals surface area contributed by atoms with Gasteiger partial charge in [-0.25, -0.2) is 9.29 Å². The fourth-order valence-corrected chi connectivity index (χ4v) is 4.44. The number of halogens is 1. The summed E-state index contributed by atoms with van der Waals surface area (Å²) in [5.41, 5.74) is 0.413. The molecule has 0 aromatic heterocycles. The number of hydrogen-bond acceptors (Lipinski definition) is 4. The number of anilines is 1. The summed E-state index contributed by atoms with van der Waals surface area (Å²) in [4.78, 5) is 42.1. The Morgan fingerprint density at radius 2 is 1.71 bits per heavy atom. The van der Waals surface area contributed by atoms with Crippen molar-refractivity contribution in [3.8, 4) is 0 Å². The van der Waals surface area contributed by atoms with Crippen molar-refractivity contribution in [1.29, 1.82) is 0 Å².